The van der Waals surface area contributed by atoms with Gasteiger partial charge in [-0.3, -0.25) is 4.79 Å². The molecule has 1 unspecified atom stereocenters. The Balaban J connectivity index is 1.80. The van der Waals surface area contributed by atoms with E-state index in [2.05, 4.69) is 39.9 Å². The number of amides is 1. The maximum Gasteiger partial charge on any atom is 0.274 e. The fourth-order valence-electron chi connectivity index (χ4n) is 3.22. The number of rotatable bonds is 4. The van der Waals surface area contributed by atoms with Crippen LogP contribution in [0, 0.1) is 0 Å². The summed E-state index contributed by atoms with van der Waals surface area (Å²) in [5, 5.41) is 0. The zero-order chi connectivity index (χ0) is 15.5. The number of imidazole rings is 1. The molecule has 22 heavy (non-hydrogen) atoms. The summed E-state index contributed by atoms with van der Waals surface area (Å²) in [6, 6.07) is 10.6. The third-order valence-electron chi connectivity index (χ3n) is 4.53. The first-order chi connectivity index (χ1) is 10.7. The molecular formula is C18H23N3O. The summed E-state index contributed by atoms with van der Waals surface area (Å²) in [7, 11) is 0. The Bertz CT molecular complexity index is 644. The van der Waals surface area contributed by atoms with Crippen LogP contribution < -0.4 is 0 Å². The number of fused-ring (bicyclic) bond motifs is 1. The van der Waals surface area contributed by atoms with Crippen LogP contribution >= 0.6 is 0 Å². The minimum Gasteiger partial charge on any atom is -0.338 e. The summed E-state index contributed by atoms with van der Waals surface area (Å²) in [4.78, 5) is 18.8. The molecule has 2 heterocycles. The van der Waals surface area contributed by atoms with Gasteiger partial charge in [0.15, 0.2) is 0 Å². The number of aryl methyl sites for hydroxylation is 1. The quantitative estimate of drug-likeness (QED) is 0.869. The van der Waals surface area contributed by atoms with Gasteiger partial charge < -0.3 is 9.47 Å². The molecule has 1 amide bonds. The molecule has 1 aliphatic heterocycles. The fraction of sp³-hybridized carbons (Fsp3) is 0.444. The molecule has 1 atom stereocenters. The molecule has 0 saturated heterocycles. The molecule has 1 aromatic carbocycles. The number of carbonyl (C=O) groups excluding carboxylic acids is 1. The highest BCUT2D eigenvalue weighted by atomic mass is 16.2. The summed E-state index contributed by atoms with van der Waals surface area (Å²) in [5.41, 5.74) is 1.96. The van der Waals surface area contributed by atoms with Crippen molar-refractivity contribution in [3.63, 3.8) is 0 Å². The molecule has 1 aliphatic rings. The Morgan fingerprint density at radius 1 is 1.27 bits per heavy atom. The average molecular weight is 297 g/mol. The van der Waals surface area contributed by atoms with Crippen molar-refractivity contribution in [3.8, 4) is 0 Å². The Kier molecular flexibility index (Phi) is 4.27. The summed E-state index contributed by atoms with van der Waals surface area (Å²) in [6.45, 7) is 6.37. The van der Waals surface area contributed by atoms with Crippen LogP contribution in [0.3, 0.4) is 0 Å². The van der Waals surface area contributed by atoms with Gasteiger partial charge in [0.25, 0.3) is 5.91 Å². The fourth-order valence-corrected chi connectivity index (χ4v) is 3.22. The molecule has 2 aromatic rings. The van der Waals surface area contributed by atoms with Crippen LogP contribution in [-0.4, -0.2) is 33.4 Å². The maximum atomic E-state index is 12.4. The molecule has 3 rings (SSSR count). The Labute approximate surface area is 131 Å². The van der Waals surface area contributed by atoms with Gasteiger partial charge in [-0.2, -0.15) is 0 Å². The van der Waals surface area contributed by atoms with Crippen LogP contribution in [0.1, 0.15) is 48.1 Å². The predicted octanol–water partition coefficient (Wildman–Crippen LogP) is 3.10. The van der Waals surface area contributed by atoms with E-state index in [-0.39, 0.29) is 5.91 Å². The van der Waals surface area contributed by atoms with E-state index in [9.17, 15) is 4.79 Å². The smallest absolute Gasteiger partial charge is 0.274 e. The van der Waals surface area contributed by atoms with Crippen LogP contribution in [0.25, 0.3) is 0 Å². The highest BCUT2D eigenvalue weighted by Crippen LogP contribution is 2.28. The van der Waals surface area contributed by atoms with Gasteiger partial charge >= 0.3 is 0 Å². The third-order valence-corrected chi connectivity index (χ3v) is 4.53. The van der Waals surface area contributed by atoms with E-state index >= 15 is 0 Å². The van der Waals surface area contributed by atoms with Crippen molar-refractivity contribution >= 4 is 5.91 Å². The van der Waals surface area contributed by atoms with Crippen molar-refractivity contribution in [2.24, 2.45) is 0 Å². The average Bonchev–Trinajstić information content (AvgIpc) is 2.99. The zero-order valence-corrected chi connectivity index (χ0v) is 13.3. The standard InChI is InChI=1S/C18H23N3O/c1-3-20(4-2)18(22)16-13-21-12-15(10-11-17(21)19-16)14-8-6-5-7-9-14/h5-9,13,15H,3-4,10-12H2,1-2H3. The monoisotopic (exact) mass is 297 g/mol. The number of hydrogen-bond acceptors (Lipinski definition) is 2. The Morgan fingerprint density at radius 3 is 2.68 bits per heavy atom. The van der Waals surface area contributed by atoms with Crippen LogP contribution in [-0.2, 0) is 13.0 Å². The summed E-state index contributed by atoms with van der Waals surface area (Å²) >= 11 is 0. The lowest BCUT2D eigenvalue weighted by molar-refractivity contribution is 0.0767. The van der Waals surface area contributed by atoms with Crippen LogP contribution in [0.5, 0.6) is 0 Å². The first kappa shape index (κ1) is 14.8. The van der Waals surface area contributed by atoms with Gasteiger partial charge in [0.05, 0.1) is 0 Å². The first-order valence-electron chi connectivity index (χ1n) is 8.13. The molecule has 0 aliphatic carbocycles. The predicted molar refractivity (Wildman–Crippen MR) is 87.0 cm³/mol. The minimum absolute atomic E-state index is 0.0446. The topological polar surface area (TPSA) is 38.1 Å². The molecule has 0 spiro atoms. The van der Waals surface area contributed by atoms with Gasteiger partial charge in [-0.25, -0.2) is 4.98 Å². The van der Waals surface area contributed by atoms with E-state index < -0.39 is 0 Å². The molecule has 116 valence electrons. The van der Waals surface area contributed by atoms with Crippen molar-refractivity contribution in [1.82, 2.24) is 14.5 Å². The highest BCUT2D eigenvalue weighted by molar-refractivity contribution is 5.92. The normalized spacial score (nSPS) is 17.1. The molecular weight excluding hydrogens is 274 g/mol. The summed E-state index contributed by atoms with van der Waals surface area (Å²) in [6.07, 6.45) is 3.97. The van der Waals surface area contributed by atoms with Crippen molar-refractivity contribution in [2.75, 3.05) is 13.1 Å². The second-order valence-electron chi connectivity index (χ2n) is 5.82. The molecule has 4 heteroatoms. The zero-order valence-electron chi connectivity index (χ0n) is 13.3. The van der Waals surface area contributed by atoms with Gasteiger partial charge in [-0.15, -0.1) is 0 Å². The number of aromatic nitrogens is 2. The van der Waals surface area contributed by atoms with Gasteiger partial charge in [-0.05, 0) is 25.8 Å². The summed E-state index contributed by atoms with van der Waals surface area (Å²) in [5.74, 6) is 1.60. The number of hydrogen-bond donors (Lipinski definition) is 0. The largest absolute Gasteiger partial charge is 0.338 e. The van der Waals surface area contributed by atoms with Crippen molar-refractivity contribution in [1.29, 1.82) is 0 Å². The van der Waals surface area contributed by atoms with E-state index in [1.165, 1.54) is 5.56 Å². The van der Waals surface area contributed by atoms with E-state index in [0.717, 1.165) is 38.3 Å². The van der Waals surface area contributed by atoms with Crippen LogP contribution in [0.2, 0.25) is 0 Å². The maximum absolute atomic E-state index is 12.4. The van der Waals surface area contributed by atoms with Gasteiger partial charge in [0.2, 0.25) is 0 Å². The Hall–Kier alpha value is -2.10. The molecule has 4 nitrogen and oxygen atoms in total. The van der Waals surface area contributed by atoms with Gasteiger partial charge in [-0.1, -0.05) is 30.3 Å². The molecule has 0 bridgehead atoms. The van der Waals surface area contributed by atoms with Crippen molar-refractivity contribution < 1.29 is 4.79 Å². The first-order valence-corrected chi connectivity index (χ1v) is 8.13. The van der Waals surface area contributed by atoms with Crippen molar-refractivity contribution in [3.05, 3.63) is 53.6 Å². The van der Waals surface area contributed by atoms with Crippen molar-refractivity contribution in [2.45, 2.75) is 39.2 Å². The van der Waals surface area contributed by atoms with Gasteiger partial charge in [0.1, 0.15) is 11.5 Å². The molecule has 1 aromatic heterocycles. The van der Waals surface area contributed by atoms with Crippen LogP contribution in [0.15, 0.2) is 36.5 Å². The second-order valence-corrected chi connectivity index (χ2v) is 5.82. The minimum atomic E-state index is 0.0446. The van der Waals surface area contributed by atoms with E-state index in [4.69, 9.17) is 0 Å². The molecule has 0 fully saturated rings. The highest BCUT2D eigenvalue weighted by Gasteiger charge is 2.24. The molecule has 0 radical (unpaired) electrons. The lowest BCUT2D eigenvalue weighted by atomic mass is 9.92. The summed E-state index contributed by atoms with van der Waals surface area (Å²) < 4.78 is 2.16. The van der Waals surface area contributed by atoms with E-state index in [1.807, 2.05) is 24.9 Å². The number of nitrogens with zero attached hydrogens (tertiary/aromatic N) is 3. The van der Waals surface area contributed by atoms with E-state index in [1.54, 1.807) is 0 Å². The van der Waals surface area contributed by atoms with Gasteiger partial charge in [0, 0.05) is 38.2 Å². The lowest BCUT2D eigenvalue weighted by Gasteiger charge is -2.23. The Morgan fingerprint density at radius 2 is 2.00 bits per heavy atom. The molecule has 0 saturated carbocycles. The third kappa shape index (κ3) is 2.78. The SMILES string of the molecule is CCN(CC)C(=O)c1cn2c(n1)CCC(c1ccccc1)C2. The molecule has 0 N–H and O–H groups in total. The number of carbonyl (C=O) groups is 1. The lowest BCUT2D eigenvalue weighted by Crippen LogP contribution is -2.30. The second kappa shape index (κ2) is 6.34. The van der Waals surface area contributed by atoms with Crippen LogP contribution in [0.4, 0.5) is 0 Å². The van der Waals surface area contributed by atoms with E-state index in [0.29, 0.717) is 11.6 Å². The number of benzene rings is 1.